The first kappa shape index (κ1) is 27.6. The van der Waals surface area contributed by atoms with Gasteiger partial charge in [0.1, 0.15) is 18.7 Å². The number of anilines is 1. The molecule has 0 radical (unpaired) electrons. The highest BCUT2D eigenvalue weighted by atomic mass is 32.2. The van der Waals surface area contributed by atoms with Gasteiger partial charge in [-0.05, 0) is 12.0 Å². The first-order valence-corrected chi connectivity index (χ1v) is 12.8. The predicted octanol–water partition coefficient (Wildman–Crippen LogP) is 1.36. The van der Waals surface area contributed by atoms with E-state index >= 15 is 0 Å². The number of aromatic nitrogens is 5. The van der Waals surface area contributed by atoms with Gasteiger partial charge in [0, 0.05) is 24.7 Å². The van der Waals surface area contributed by atoms with Crippen molar-refractivity contribution in [2.75, 3.05) is 17.6 Å². The van der Waals surface area contributed by atoms with E-state index in [2.05, 4.69) is 25.7 Å². The van der Waals surface area contributed by atoms with Crippen LogP contribution in [-0.2, 0) is 26.7 Å². The summed E-state index contributed by atoms with van der Waals surface area (Å²) in [5, 5.41) is 18.8. The van der Waals surface area contributed by atoms with Crippen LogP contribution in [0.2, 0.25) is 0 Å². The van der Waals surface area contributed by atoms with Crippen molar-refractivity contribution < 1.29 is 19.5 Å². The molecular weight excluding hydrogens is 498 g/mol. The zero-order chi connectivity index (χ0) is 26.6. The second-order valence-electron chi connectivity index (χ2n) is 8.10. The molecule has 2 atom stereocenters. The Kier molecular flexibility index (Phi) is 10.4. The van der Waals surface area contributed by atoms with Crippen LogP contribution < -0.4 is 16.2 Å². The summed E-state index contributed by atoms with van der Waals surface area (Å²) in [5.41, 5.74) is 0.524. The topological polar surface area (TPSA) is 161 Å². The van der Waals surface area contributed by atoms with Gasteiger partial charge in [0.2, 0.25) is 5.91 Å². The van der Waals surface area contributed by atoms with Gasteiger partial charge in [-0.15, -0.1) is 11.8 Å². The number of amides is 1. The summed E-state index contributed by atoms with van der Waals surface area (Å²) >= 11 is 1.34. The summed E-state index contributed by atoms with van der Waals surface area (Å²) < 4.78 is 2.82. The fourth-order valence-corrected chi connectivity index (χ4v) is 4.50. The second-order valence-corrected chi connectivity index (χ2v) is 9.09. The van der Waals surface area contributed by atoms with Gasteiger partial charge in [0.25, 0.3) is 5.56 Å². The number of Topliss-reactive ketones (excluding diaryl/α,β-unsaturated/α-hetero) is 1. The summed E-state index contributed by atoms with van der Waals surface area (Å²) in [7, 11) is 0. The summed E-state index contributed by atoms with van der Waals surface area (Å²) in [5.74, 6) is -1.54. The van der Waals surface area contributed by atoms with Crippen molar-refractivity contribution in [3.63, 3.8) is 0 Å². The minimum absolute atomic E-state index is 0.0406. The second kappa shape index (κ2) is 13.9. The average molecular weight is 528 g/mol. The quantitative estimate of drug-likeness (QED) is 0.263. The zero-order valence-electron chi connectivity index (χ0n) is 20.3. The molecule has 0 saturated heterocycles. The number of carboxylic acids is 1. The molecule has 13 heteroatoms. The Balaban J connectivity index is 1.64. The van der Waals surface area contributed by atoms with E-state index in [1.807, 2.05) is 30.3 Å². The van der Waals surface area contributed by atoms with Crippen LogP contribution in [0.25, 0.3) is 0 Å². The SMILES string of the molecule is CCC(C(=O)NC(CC(=O)O)C(=O)CSCc1ccccc1)n1ccnc(NCCn2cncn2)c1=O. The highest BCUT2D eigenvalue weighted by molar-refractivity contribution is 7.99. The van der Waals surface area contributed by atoms with Crippen molar-refractivity contribution in [3.8, 4) is 0 Å². The molecule has 2 unspecified atom stereocenters. The molecule has 3 rings (SSSR count). The van der Waals surface area contributed by atoms with Crippen LogP contribution in [0.4, 0.5) is 5.82 Å². The molecule has 196 valence electrons. The maximum absolute atomic E-state index is 13.1. The molecule has 0 saturated carbocycles. The van der Waals surface area contributed by atoms with Crippen LogP contribution in [0.3, 0.4) is 0 Å². The third-order valence-electron chi connectivity index (χ3n) is 5.43. The molecule has 3 aromatic rings. The Morgan fingerprint density at radius 1 is 1.19 bits per heavy atom. The van der Waals surface area contributed by atoms with Crippen LogP contribution in [0.15, 0.2) is 60.2 Å². The molecule has 0 aliphatic carbocycles. The molecule has 2 heterocycles. The highest BCUT2D eigenvalue weighted by Gasteiger charge is 2.28. The number of thioether (sulfide) groups is 1. The number of rotatable bonds is 15. The summed E-state index contributed by atoms with van der Waals surface area (Å²) in [6.07, 6.45) is 5.43. The van der Waals surface area contributed by atoms with E-state index < -0.39 is 41.7 Å². The Hall–Kier alpha value is -4.00. The number of carboxylic acid groups (broad SMARTS) is 1. The van der Waals surface area contributed by atoms with Crippen LogP contribution in [0, 0.1) is 0 Å². The zero-order valence-corrected chi connectivity index (χ0v) is 21.1. The summed E-state index contributed by atoms with van der Waals surface area (Å²) in [4.78, 5) is 58.2. The summed E-state index contributed by atoms with van der Waals surface area (Å²) in [6, 6.07) is 7.40. The molecule has 0 bridgehead atoms. The average Bonchev–Trinajstić information content (AvgIpc) is 3.40. The van der Waals surface area contributed by atoms with Crippen molar-refractivity contribution in [3.05, 3.63) is 71.3 Å². The summed E-state index contributed by atoms with van der Waals surface area (Å²) in [6.45, 7) is 2.53. The third-order valence-corrected chi connectivity index (χ3v) is 6.46. The maximum atomic E-state index is 13.1. The molecule has 12 nitrogen and oxygen atoms in total. The van der Waals surface area contributed by atoms with E-state index in [0.29, 0.717) is 18.8 Å². The van der Waals surface area contributed by atoms with E-state index in [1.165, 1.54) is 35.0 Å². The molecular formula is C24H29N7O5S. The van der Waals surface area contributed by atoms with Crippen LogP contribution >= 0.6 is 11.8 Å². The monoisotopic (exact) mass is 527 g/mol. The number of carbonyl (C=O) groups is 3. The Morgan fingerprint density at radius 2 is 1.97 bits per heavy atom. The van der Waals surface area contributed by atoms with E-state index in [0.717, 1.165) is 5.56 Å². The standard InChI is InChI=1S/C24H29N7O5S/c1-2-19(31-11-9-27-22(24(31)36)26-8-10-30-16-25-15-28-30)23(35)29-18(12-21(33)34)20(32)14-37-13-17-6-4-3-5-7-17/h3-7,9,11,15-16,18-19H,2,8,10,12-14H2,1H3,(H,26,27)(H,29,35)(H,33,34). The van der Waals surface area contributed by atoms with Crippen LogP contribution in [0.5, 0.6) is 0 Å². The molecule has 1 aromatic carbocycles. The van der Waals surface area contributed by atoms with Gasteiger partial charge in [-0.2, -0.15) is 5.10 Å². The van der Waals surface area contributed by atoms with Crippen LogP contribution in [0.1, 0.15) is 31.4 Å². The number of hydrogen-bond acceptors (Lipinski definition) is 9. The lowest BCUT2D eigenvalue weighted by molar-refractivity contribution is -0.140. The molecule has 0 aliphatic rings. The molecule has 37 heavy (non-hydrogen) atoms. The Morgan fingerprint density at radius 3 is 2.65 bits per heavy atom. The number of nitrogens with zero attached hydrogens (tertiary/aromatic N) is 5. The maximum Gasteiger partial charge on any atom is 0.305 e. The van der Waals surface area contributed by atoms with Gasteiger partial charge >= 0.3 is 5.97 Å². The molecule has 2 aromatic heterocycles. The molecule has 0 fully saturated rings. The number of hydrogen-bond donors (Lipinski definition) is 3. The van der Waals surface area contributed by atoms with Gasteiger partial charge in [-0.3, -0.25) is 28.4 Å². The van der Waals surface area contributed by atoms with E-state index in [1.54, 1.807) is 17.9 Å². The number of aliphatic carboxylic acids is 1. The van der Waals surface area contributed by atoms with Crippen LogP contribution in [-0.4, -0.2) is 65.4 Å². The number of ketones is 1. The Labute approximate surface area is 217 Å². The lowest BCUT2D eigenvalue weighted by Gasteiger charge is -2.22. The fraction of sp³-hybridized carbons (Fsp3) is 0.375. The first-order valence-electron chi connectivity index (χ1n) is 11.7. The molecule has 3 N–H and O–H groups in total. The van der Waals surface area contributed by atoms with Crippen molar-refractivity contribution in [1.29, 1.82) is 0 Å². The highest BCUT2D eigenvalue weighted by Crippen LogP contribution is 2.15. The molecule has 0 spiro atoms. The fourth-order valence-electron chi connectivity index (χ4n) is 3.57. The lowest BCUT2D eigenvalue weighted by atomic mass is 10.1. The van der Waals surface area contributed by atoms with Crippen molar-refractivity contribution >= 4 is 35.2 Å². The lowest BCUT2D eigenvalue weighted by Crippen LogP contribution is -2.47. The van der Waals surface area contributed by atoms with Crippen molar-refractivity contribution in [2.45, 2.75) is 44.1 Å². The minimum atomic E-state index is -1.21. The van der Waals surface area contributed by atoms with Gasteiger partial charge in [0.15, 0.2) is 11.6 Å². The van der Waals surface area contributed by atoms with E-state index in [9.17, 15) is 24.3 Å². The molecule has 0 aliphatic heterocycles. The smallest absolute Gasteiger partial charge is 0.305 e. The Bertz CT molecular complexity index is 1230. The molecule has 1 amide bonds. The van der Waals surface area contributed by atoms with Gasteiger partial charge in [-0.1, -0.05) is 37.3 Å². The van der Waals surface area contributed by atoms with Crippen molar-refractivity contribution in [2.24, 2.45) is 0 Å². The van der Waals surface area contributed by atoms with E-state index in [4.69, 9.17) is 0 Å². The third kappa shape index (κ3) is 8.27. The van der Waals surface area contributed by atoms with Gasteiger partial charge in [-0.25, -0.2) is 9.97 Å². The minimum Gasteiger partial charge on any atom is -0.481 e. The number of carbonyl (C=O) groups excluding carboxylic acids is 2. The number of benzene rings is 1. The van der Waals surface area contributed by atoms with Gasteiger partial charge in [0.05, 0.1) is 24.8 Å². The van der Waals surface area contributed by atoms with Gasteiger partial charge < -0.3 is 15.7 Å². The predicted molar refractivity (Wildman–Crippen MR) is 138 cm³/mol. The largest absolute Gasteiger partial charge is 0.481 e. The van der Waals surface area contributed by atoms with Crippen molar-refractivity contribution in [1.82, 2.24) is 29.6 Å². The number of nitrogens with one attached hydrogen (secondary N) is 2. The van der Waals surface area contributed by atoms with E-state index in [-0.39, 0.29) is 18.0 Å². The first-order chi connectivity index (χ1) is 17.9. The normalized spacial score (nSPS) is 12.5.